The summed E-state index contributed by atoms with van der Waals surface area (Å²) in [6.07, 6.45) is 4.58. The molecule has 2 N–H and O–H groups in total. The number of methoxy groups -OCH3 is 1. The van der Waals surface area contributed by atoms with Crippen LogP contribution < -0.4 is 10.5 Å². The van der Waals surface area contributed by atoms with Gasteiger partial charge in [0.1, 0.15) is 5.75 Å². The summed E-state index contributed by atoms with van der Waals surface area (Å²) in [5.74, 6) is 0.621. The van der Waals surface area contributed by atoms with Crippen molar-refractivity contribution in [2.75, 3.05) is 53.4 Å². The lowest BCUT2D eigenvalue weighted by Crippen LogP contribution is -2.12. The number of halogens is 1. The molecule has 0 saturated carbocycles. The van der Waals surface area contributed by atoms with E-state index < -0.39 is 0 Å². The molecule has 174 valence electrons. The third-order valence-corrected chi connectivity index (χ3v) is 4.26. The van der Waals surface area contributed by atoms with E-state index in [0.29, 0.717) is 33.0 Å². The second-order valence-electron chi connectivity index (χ2n) is 6.79. The lowest BCUT2D eigenvalue weighted by molar-refractivity contribution is -0.141. The van der Waals surface area contributed by atoms with Gasteiger partial charge in [0.05, 0.1) is 53.2 Å². The largest absolute Gasteiger partial charge is 0.494 e. The minimum atomic E-state index is -0.265. The van der Waals surface area contributed by atoms with Crippen LogP contribution in [0.5, 0.6) is 5.75 Å². The monoisotopic (exact) mass is 447 g/mol. The number of benzene rings is 1. The van der Waals surface area contributed by atoms with Gasteiger partial charge < -0.3 is 29.4 Å². The van der Waals surface area contributed by atoms with Gasteiger partial charge in [0.15, 0.2) is 0 Å². The van der Waals surface area contributed by atoms with Crippen molar-refractivity contribution < 1.29 is 28.5 Å². The highest BCUT2D eigenvalue weighted by molar-refractivity contribution is 5.85. The van der Waals surface area contributed by atoms with E-state index in [4.69, 9.17) is 24.7 Å². The SMILES string of the molecule is COC(=O)CCOCCOCCOCCCCCCOc1cccc([C@@H](C)N)c1.Cl. The lowest BCUT2D eigenvalue weighted by Gasteiger charge is -2.10. The van der Waals surface area contributed by atoms with Gasteiger partial charge in [0, 0.05) is 12.6 Å². The topological polar surface area (TPSA) is 89.2 Å². The molecule has 0 aliphatic rings. The molecule has 8 heteroatoms. The Kier molecular flexibility index (Phi) is 18.7. The number of nitrogens with two attached hydrogens (primary N) is 1. The molecular weight excluding hydrogens is 410 g/mol. The van der Waals surface area contributed by atoms with Gasteiger partial charge in [-0.2, -0.15) is 0 Å². The number of esters is 1. The van der Waals surface area contributed by atoms with Crippen LogP contribution in [0.4, 0.5) is 0 Å². The summed E-state index contributed by atoms with van der Waals surface area (Å²) >= 11 is 0. The van der Waals surface area contributed by atoms with Crippen LogP contribution >= 0.6 is 12.4 Å². The fraction of sp³-hybridized carbons (Fsp3) is 0.682. The molecule has 1 aromatic carbocycles. The Morgan fingerprint density at radius 2 is 1.50 bits per heavy atom. The molecule has 1 atom stereocenters. The van der Waals surface area contributed by atoms with Crippen molar-refractivity contribution in [1.82, 2.24) is 0 Å². The number of hydrogen-bond donors (Lipinski definition) is 1. The summed E-state index contributed by atoms with van der Waals surface area (Å²) in [5, 5.41) is 0. The zero-order valence-electron chi connectivity index (χ0n) is 18.3. The highest BCUT2D eigenvalue weighted by Crippen LogP contribution is 2.17. The van der Waals surface area contributed by atoms with Crippen LogP contribution in [-0.4, -0.2) is 59.3 Å². The van der Waals surface area contributed by atoms with Crippen molar-refractivity contribution in [2.45, 2.75) is 45.1 Å². The maximum absolute atomic E-state index is 10.9. The Balaban J connectivity index is 0.00000841. The second kappa shape index (κ2) is 19.6. The van der Waals surface area contributed by atoms with E-state index in [0.717, 1.165) is 50.2 Å². The standard InChI is InChI=1S/C22H37NO6.ClH/c1-19(23)20-8-7-9-21(18-20)29-12-6-4-3-5-11-26-14-16-28-17-15-27-13-10-22(24)25-2;/h7-9,18-19H,3-6,10-17,23H2,1-2H3;1H/t19-;/m1./s1. The molecule has 0 fully saturated rings. The van der Waals surface area contributed by atoms with Crippen molar-refractivity contribution in [3.63, 3.8) is 0 Å². The summed E-state index contributed by atoms with van der Waals surface area (Å²) in [6.45, 7) is 5.89. The van der Waals surface area contributed by atoms with Gasteiger partial charge >= 0.3 is 5.97 Å². The van der Waals surface area contributed by atoms with Crippen LogP contribution in [0.1, 0.15) is 50.6 Å². The molecule has 0 heterocycles. The number of unbranched alkanes of at least 4 members (excludes halogenated alkanes) is 3. The number of hydrogen-bond acceptors (Lipinski definition) is 7. The van der Waals surface area contributed by atoms with Crippen molar-refractivity contribution >= 4 is 18.4 Å². The zero-order valence-corrected chi connectivity index (χ0v) is 19.1. The fourth-order valence-electron chi connectivity index (χ4n) is 2.54. The van der Waals surface area contributed by atoms with E-state index in [9.17, 15) is 4.79 Å². The average molecular weight is 448 g/mol. The van der Waals surface area contributed by atoms with Crippen LogP contribution in [0, 0.1) is 0 Å². The summed E-state index contributed by atoms with van der Waals surface area (Å²) < 4.78 is 26.5. The molecule has 1 aromatic rings. The van der Waals surface area contributed by atoms with Crippen molar-refractivity contribution in [3.8, 4) is 5.75 Å². The van der Waals surface area contributed by atoms with Crippen molar-refractivity contribution in [2.24, 2.45) is 5.73 Å². The Hall–Kier alpha value is -1.38. The van der Waals surface area contributed by atoms with E-state index in [2.05, 4.69) is 4.74 Å². The number of carbonyl (C=O) groups excluding carboxylic acids is 1. The lowest BCUT2D eigenvalue weighted by atomic mass is 10.1. The number of rotatable bonds is 18. The van der Waals surface area contributed by atoms with Crippen LogP contribution in [0.25, 0.3) is 0 Å². The van der Waals surface area contributed by atoms with Gasteiger partial charge in [-0.15, -0.1) is 12.4 Å². The maximum Gasteiger partial charge on any atom is 0.307 e. The highest BCUT2D eigenvalue weighted by Gasteiger charge is 2.01. The minimum Gasteiger partial charge on any atom is -0.494 e. The first-order valence-electron chi connectivity index (χ1n) is 10.4. The third kappa shape index (κ3) is 15.5. The second-order valence-corrected chi connectivity index (χ2v) is 6.79. The zero-order chi connectivity index (χ0) is 21.2. The maximum atomic E-state index is 10.9. The van der Waals surface area contributed by atoms with Gasteiger partial charge in [-0.05, 0) is 43.9 Å². The molecule has 0 aromatic heterocycles. The molecule has 30 heavy (non-hydrogen) atoms. The molecule has 7 nitrogen and oxygen atoms in total. The number of carbonyl (C=O) groups is 1. The molecule has 0 bridgehead atoms. The first-order chi connectivity index (χ1) is 14.1. The molecular formula is C22H38ClNO6. The van der Waals surface area contributed by atoms with Gasteiger partial charge in [-0.3, -0.25) is 4.79 Å². The third-order valence-electron chi connectivity index (χ3n) is 4.26. The molecule has 1 rings (SSSR count). The van der Waals surface area contributed by atoms with Crippen molar-refractivity contribution in [3.05, 3.63) is 29.8 Å². The summed E-state index contributed by atoms with van der Waals surface area (Å²) in [7, 11) is 1.37. The summed E-state index contributed by atoms with van der Waals surface area (Å²) in [4.78, 5) is 10.9. The van der Waals surface area contributed by atoms with Crippen LogP contribution in [0.15, 0.2) is 24.3 Å². The Bertz CT molecular complexity index is 544. The summed E-state index contributed by atoms with van der Waals surface area (Å²) in [5.41, 5.74) is 6.98. The first kappa shape index (κ1) is 28.6. The smallest absolute Gasteiger partial charge is 0.307 e. The van der Waals surface area contributed by atoms with Crippen molar-refractivity contribution in [1.29, 1.82) is 0 Å². The predicted molar refractivity (Wildman–Crippen MR) is 119 cm³/mol. The molecule has 0 radical (unpaired) electrons. The van der Waals surface area contributed by atoms with E-state index in [-0.39, 0.29) is 30.8 Å². The van der Waals surface area contributed by atoms with Crippen LogP contribution in [0.3, 0.4) is 0 Å². The highest BCUT2D eigenvalue weighted by atomic mass is 35.5. The molecule has 0 saturated heterocycles. The molecule has 0 spiro atoms. The normalized spacial score (nSPS) is 11.6. The number of ether oxygens (including phenoxy) is 5. The van der Waals surface area contributed by atoms with Gasteiger partial charge in [0.25, 0.3) is 0 Å². The Morgan fingerprint density at radius 3 is 2.13 bits per heavy atom. The first-order valence-corrected chi connectivity index (χ1v) is 10.4. The van der Waals surface area contributed by atoms with E-state index in [1.54, 1.807) is 0 Å². The van der Waals surface area contributed by atoms with Gasteiger partial charge in [0.2, 0.25) is 0 Å². The van der Waals surface area contributed by atoms with Crippen LogP contribution in [-0.2, 0) is 23.7 Å². The van der Waals surface area contributed by atoms with E-state index in [1.165, 1.54) is 7.11 Å². The van der Waals surface area contributed by atoms with Crippen LogP contribution in [0.2, 0.25) is 0 Å². The quantitative estimate of drug-likeness (QED) is 0.271. The summed E-state index contributed by atoms with van der Waals surface area (Å²) in [6, 6.07) is 8.00. The van der Waals surface area contributed by atoms with Gasteiger partial charge in [-0.1, -0.05) is 18.6 Å². The molecule has 0 aliphatic carbocycles. The molecule has 0 aliphatic heterocycles. The average Bonchev–Trinajstić information content (AvgIpc) is 2.73. The van der Waals surface area contributed by atoms with E-state index in [1.807, 2.05) is 31.2 Å². The minimum absolute atomic E-state index is 0. The fourth-order valence-corrected chi connectivity index (χ4v) is 2.54. The molecule has 0 unspecified atom stereocenters. The van der Waals surface area contributed by atoms with E-state index >= 15 is 0 Å². The molecule has 0 amide bonds. The Morgan fingerprint density at radius 1 is 0.900 bits per heavy atom. The van der Waals surface area contributed by atoms with Gasteiger partial charge in [-0.25, -0.2) is 0 Å². The predicted octanol–water partition coefficient (Wildman–Crippen LogP) is 3.68. The Labute approximate surface area is 186 Å².